The van der Waals surface area contributed by atoms with Crippen molar-refractivity contribution in [3.05, 3.63) is 28.0 Å². The van der Waals surface area contributed by atoms with Crippen LogP contribution in [-0.4, -0.2) is 23.0 Å². The fraction of sp³-hybridized carbons (Fsp3) is 0.300. The molecule has 16 heavy (non-hydrogen) atoms. The predicted molar refractivity (Wildman–Crippen MR) is 60.8 cm³/mol. The molecule has 1 aromatic heterocycles. The maximum Gasteiger partial charge on any atom is 0.129 e. The second-order valence-corrected chi connectivity index (χ2v) is 3.82. The van der Waals surface area contributed by atoms with E-state index in [0.29, 0.717) is 22.4 Å². The average molecular weight is 255 g/mol. The molecule has 1 rings (SSSR count). The number of hydrogen-bond donors (Lipinski definition) is 0. The van der Waals surface area contributed by atoms with Gasteiger partial charge in [-0.15, -0.1) is 0 Å². The largest absolute Gasteiger partial charge is 0.271 e. The Bertz CT molecular complexity index is 431. The Morgan fingerprint density at radius 2 is 1.81 bits per heavy atom. The van der Waals surface area contributed by atoms with Gasteiger partial charge in [0.15, 0.2) is 0 Å². The summed E-state index contributed by atoms with van der Waals surface area (Å²) < 4.78 is 0. The number of nitriles is 2. The van der Waals surface area contributed by atoms with Crippen molar-refractivity contribution in [3.8, 4) is 12.1 Å². The topological polar surface area (TPSA) is 63.7 Å². The maximum absolute atomic E-state index is 8.58. The van der Waals surface area contributed by atoms with E-state index in [2.05, 4.69) is 4.98 Å². The van der Waals surface area contributed by atoms with Gasteiger partial charge in [0.2, 0.25) is 0 Å². The maximum atomic E-state index is 8.58. The minimum Gasteiger partial charge on any atom is -0.271 e. The van der Waals surface area contributed by atoms with Crippen LogP contribution in [0.2, 0.25) is 10.2 Å². The van der Waals surface area contributed by atoms with Gasteiger partial charge in [-0.2, -0.15) is 10.5 Å². The third-order valence-corrected chi connectivity index (χ3v) is 2.40. The molecular formula is C10H8Cl2N4. The summed E-state index contributed by atoms with van der Waals surface area (Å²) in [6.07, 6.45) is 0. The van der Waals surface area contributed by atoms with Gasteiger partial charge in [-0.25, -0.2) is 4.98 Å². The zero-order valence-electron chi connectivity index (χ0n) is 8.32. The summed E-state index contributed by atoms with van der Waals surface area (Å²) in [6.45, 7) is 0.636. The van der Waals surface area contributed by atoms with Gasteiger partial charge in [-0.3, -0.25) is 4.90 Å². The van der Waals surface area contributed by atoms with Crippen LogP contribution in [0.4, 0.5) is 0 Å². The summed E-state index contributed by atoms with van der Waals surface area (Å²) in [5.74, 6) is 0. The Kier molecular flexibility index (Phi) is 5.01. The first-order valence-electron chi connectivity index (χ1n) is 4.44. The van der Waals surface area contributed by atoms with Crippen molar-refractivity contribution in [1.29, 1.82) is 10.5 Å². The van der Waals surface area contributed by atoms with Crippen LogP contribution in [0.1, 0.15) is 5.69 Å². The predicted octanol–water partition coefficient (Wildman–Crippen LogP) is 2.24. The fourth-order valence-electron chi connectivity index (χ4n) is 1.15. The molecule has 0 aliphatic rings. The molecule has 0 atom stereocenters. The number of aromatic nitrogens is 1. The van der Waals surface area contributed by atoms with Crippen molar-refractivity contribution in [2.45, 2.75) is 6.54 Å². The van der Waals surface area contributed by atoms with E-state index < -0.39 is 0 Å². The molecule has 0 aliphatic carbocycles. The SMILES string of the molecule is N#CCN(CC#N)Cc1nc(Cl)ccc1Cl. The zero-order valence-corrected chi connectivity index (χ0v) is 9.83. The third kappa shape index (κ3) is 3.67. The van der Waals surface area contributed by atoms with Crippen LogP contribution in [0, 0.1) is 22.7 Å². The van der Waals surface area contributed by atoms with Crippen molar-refractivity contribution in [3.63, 3.8) is 0 Å². The number of pyridine rings is 1. The second-order valence-electron chi connectivity index (χ2n) is 3.02. The lowest BCUT2D eigenvalue weighted by atomic mass is 10.3. The van der Waals surface area contributed by atoms with Crippen LogP contribution in [0.3, 0.4) is 0 Å². The number of rotatable bonds is 4. The van der Waals surface area contributed by atoms with Crippen LogP contribution in [0.15, 0.2) is 12.1 Å². The Hall–Kier alpha value is -1.33. The van der Waals surface area contributed by atoms with Gasteiger partial charge in [0.05, 0.1) is 35.9 Å². The van der Waals surface area contributed by atoms with Crippen LogP contribution in [0.25, 0.3) is 0 Å². The monoisotopic (exact) mass is 254 g/mol. The van der Waals surface area contributed by atoms with E-state index in [1.807, 2.05) is 12.1 Å². The van der Waals surface area contributed by atoms with Crippen molar-refractivity contribution in [2.24, 2.45) is 0 Å². The lowest BCUT2D eigenvalue weighted by molar-refractivity contribution is 0.330. The fourth-order valence-corrected chi connectivity index (χ4v) is 1.48. The highest BCUT2D eigenvalue weighted by Gasteiger charge is 2.09. The van der Waals surface area contributed by atoms with E-state index in [0.717, 1.165) is 0 Å². The summed E-state index contributed by atoms with van der Waals surface area (Å²) in [7, 11) is 0. The first-order chi connectivity index (χ1) is 7.67. The van der Waals surface area contributed by atoms with Crippen molar-refractivity contribution in [1.82, 2.24) is 9.88 Å². The van der Waals surface area contributed by atoms with Gasteiger partial charge < -0.3 is 0 Å². The van der Waals surface area contributed by atoms with E-state index in [1.165, 1.54) is 0 Å². The molecule has 1 aromatic rings. The van der Waals surface area contributed by atoms with Gasteiger partial charge in [-0.1, -0.05) is 23.2 Å². The second kappa shape index (κ2) is 6.30. The molecule has 0 fully saturated rings. The molecule has 0 saturated heterocycles. The van der Waals surface area contributed by atoms with E-state index in [4.69, 9.17) is 33.7 Å². The molecule has 0 bridgehead atoms. The van der Waals surface area contributed by atoms with Crippen LogP contribution in [-0.2, 0) is 6.54 Å². The van der Waals surface area contributed by atoms with Crippen LogP contribution < -0.4 is 0 Å². The van der Waals surface area contributed by atoms with E-state index in [1.54, 1.807) is 17.0 Å². The standard InChI is InChI=1S/C10H8Cl2N4/c11-8-1-2-10(12)15-9(8)7-16(5-3-13)6-4-14/h1-2H,5-7H2. The van der Waals surface area contributed by atoms with Crippen LogP contribution in [0.5, 0.6) is 0 Å². The summed E-state index contributed by atoms with van der Waals surface area (Å²) in [5, 5.41) is 18.0. The molecule has 1 heterocycles. The summed E-state index contributed by atoms with van der Waals surface area (Å²) in [5.41, 5.74) is 0.569. The number of halogens is 2. The highest BCUT2D eigenvalue weighted by atomic mass is 35.5. The molecule has 4 nitrogen and oxygen atoms in total. The van der Waals surface area contributed by atoms with Gasteiger partial charge in [0.25, 0.3) is 0 Å². The van der Waals surface area contributed by atoms with E-state index in [9.17, 15) is 0 Å². The quantitative estimate of drug-likeness (QED) is 0.611. The highest BCUT2D eigenvalue weighted by molar-refractivity contribution is 6.32. The Morgan fingerprint density at radius 1 is 1.19 bits per heavy atom. The number of nitrogens with zero attached hydrogens (tertiary/aromatic N) is 4. The molecule has 82 valence electrons. The Morgan fingerprint density at radius 3 is 2.38 bits per heavy atom. The molecule has 0 N–H and O–H groups in total. The third-order valence-electron chi connectivity index (χ3n) is 1.85. The first kappa shape index (κ1) is 12.7. The Labute approximate surface area is 104 Å². The Balaban J connectivity index is 2.81. The molecular weight excluding hydrogens is 247 g/mol. The minimum atomic E-state index is 0.151. The molecule has 0 unspecified atom stereocenters. The summed E-state index contributed by atoms with van der Waals surface area (Å²) in [6, 6.07) is 7.19. The lowest BCUT2D eigenvalue weighted by Crippen LogP contribution is -2.24. The van der Waals surface area contributed by atoms with E-state index in [-0.39, 0.29) is 13.1 Å². The molecule has 0 saturated carbocycles. The van der Waals surface area contributed by atoms with Gasteiger partial charge in [0, 0.05) is 6.54 Å². The molecule has 0 aliphatic heterocycles. The molecule has 0 radical (unpaired) electrons. The molecule has 0 spiro atoms. The normalized spacial score (nSPS) is 9.81. The van der Waals surface area contributed by atoms with Gasteiger partial charge in [-0.05, 0) is 12.1 Å². The zero-order chi connectivity index (χ0) is 12.0. The summed E-state index contributed by atoms with van der Waals surface area (Å²) >= 11 is 11.7. The number of hydrogen-bond acceptors (Lipinski definition) is 4. The summed E-state index contributed by atoms with van der Waals surface area (Å²) in [4.78, 5) is 5.68. The van der Waals surface area contributed by atoms with Crippen molar-refractivity contribution >= 4 is 23.2 Å². The molecule has 6 heteroatoms. The molecule has 0 aromatic carbocycles. The van der Waals surface area contributed by atoms with E-state index >= 15 is 0 Å². The van der Waals surface area contributed by atoms with Gasteiger partial charge >= 0.3 is 0 Å². The lowest BCUT2D eigenvalue weighted by Gasteiger charge is -2.15. The first-order valence-corrected chi connectivity index (χ1v) is 5.20. The highest BCUT2D eigenvalue weighted by Crippen LogP contribution is 2.18. The average Bonchev–Trinajstić information content (AvgIpc) is 2.24. The minimum absolute atomic E-state index is 0.151. The smallest absolute Gasteiger partial charge is 0.129 e. The van der Waals surface area contributed by atoms with Gasteiger partial charge in [0.1, 0.15) is 5.15 Å². The molecule has 0 amide bonds. The van der Waals surface area contributed by atoms with Crippen molar-refractivity contribution in [2.75, 3.05) is 13.1 Å². The van der Waals surface area contributed by atoms with Crippen molar-refractivity contribution < 1.29 is 0 Å². The van der Waals surface area contributed by atoms with Crippen LogP contribution >= 0.6 is 23.2 Å².